The minimum Gasteiger partial charge on any atom is -0.383 e. The van der Waals surface area contributed by atoms with Crippen LogP contribution < -0.4 is 15.8 Å². The Balaban J connectivity index is 1.93. The molecule has 0 spiro atoms. The molecule has 0 saturated heterocycles. The molecule has 0 bridgehead atoms. The molecule has 1 aliphatic carbocycles. The highest BCUT2D eigenvalue weighted by molar-refractivity contribution is 7.89. The van der Waals surface area contributed by atoms with Crippen LogP contribution in [0.1, 0.15) is 31.2 Å². The summed E-state index contributed by atoms with van der Waals surface area (Å²) in [7, 11) is -2.07. The van der Waals surface area contributed by atoms with Crippen LogP contribution in [0.5, 0.6) is 0 Å². The predicted molar refractivity (Wildman–Crippen MR) is 95.3 cm³/mol. The van der Waals surface area contributed by atoms with E-state index < -0.39 is 10.0 Å². The molecule has 1 fully saturated rings. The van der Waals surface area contributed by atoms with Crippen molar-refractivity contribution in [1.82, 2.24) is 10.0 Å². The summed E-state index contributed by atoms with van der Waals surface area (Å²) in [5, 5.41) is 2.89. The third-order valence-electron chi connectivity index (χ3n) is 4.36. The second kappa shape index (κ2) is 9.28. The van der Waals surface area contributed by atoms with Gasteiger partial charge in [0.05, 0.1) is 11.5 Å². The topological polar surface area (TPSA) is 111 Å². The van der Waals surface area contributed by atoms with Gasteiger partial charge in [0.1, 0.15) is 0 Å². The number of nitrogens with two attached hydrogens (primary N) is 1. The van der Waals surface area contributed by atoms with Crippen molar-refractivity contribution >= 4 is 15.9 Å². The zero-order valence-corrected chi connectivity index (χ0v) is 15.3. The molecule has 0 heterocycles. The molecule has 2 unspecified atom stereocenters. The number of carbonyl (C=O) groups is 1. The lowest BCUT2D eigenvalue weighted by Gasteiger charge is -2.25. The average Bonchev–Trinajstić information content (AvgIpc) is 2.60. The van der Waals surface area contributed by atoms with E-state index in [2.05, 4.69) is 10.0 Å². The van der Waals surface area contributed by atoms with Crippen LogP contribution in [0.15, 0.2) is 29.2 Å². The average molecular weight is 369 g/mol. The van der Waals surface area contributed by atoms with Gasteiger partial charge in [0, 0.05) is 32.2 Å². The Hall–Kier alpha value is -1.48. The number of hydrogen-bond donors (Lipinski definition) is 3. The molecule has 0 radical (unpaired) electrons. The van der Waals surface area contributed by atoms with Gasteiger partial charge in [-0.15, -0.1) is 0 Å². The fourth-order valence-corrected chi connectivity index (χ4v) is 4.07. The third-order valence-corrected chi connectivity index (χ3v) is 5.82. The van der Waals surface area contributed by atoms with Gasteiger partial charge < -0.3 is 15.8 Å². The maximum atomic E-state index is 12.3. The molecule has 4 N–H and O–H groups in total. The first-order valence-electron chi connectivity index (χ1n) is 8.53. The van der Waals surface area contributed by atoms with Crippen molar-refractivity contribution < 1.29 is 17.9 Å². The van der Waals surface area contributed by atoms with Crippen molar-refractivity contribution in [2.45, 2.75) is 43.2 Å². The molecule has 140 valence electrons. The Kier molecular flexibility index (Phi) is 7.37. The number of hydrogen-bond acceptors (Lipinski definition) is 5. The molecule has 25 heavy (non-hydrogen) atoms. The van der Waals surface area contributed by atoms with Crippen molar-refractivity contribution in [3.8, 4) is 0 Å². The summed E-state index contributed by atoms with van der Waals surface area (Å²) in [5.41, 5.74) is 6.66. The summed E-state index contributed by atoms with van der Waals surface area (Å²) in [5.74, 6) is -0.0620. The first-order valence-corrected chi connectivity index (χ1v) is 10.0. The monoisotopic (exact) mass is 369 g/mol. The summed E-state index contributed by atoms with van der Waals surface area (Å²) in [4.78, 5) is 12.4. The molecule has 1 aromatic carbocycles. The fraction of sp³-hybridized carbons (Fsp3) is 0.588. The molecular weight excluding hydrogens is 342 g/mol. The zero-order chi connectivity index (χ0) is 18.3. The molecule has 7 nitrogen and oxygen atoms in total. The maximum absolute atomic E-state index is 12.3. The van der Waals surface area contributed by atoms with Gasteiger partial charge in [-0.1, -0.05) is 18.6 Å². The second-order valence-electron chi connectivity index (χ2n) is 6.38. The number of rotatable bonds is 8. The SMILES string of the molecule is COCCNS(=O)(=O)c1cccc(CNC(=O)C2CCCC(N)C2)c1. The number of ether oxygens (including phenoxy) is 1. The second-order valence-corrected chi connectivity index (χ2v) is 8.15. The summed E-state index contributed by atoms with van der Waals surface area (Å²) >= 11 is 0. The Morgan fingerprint density at radius 1 is 1.36 bits per heavy atom. The fourth-order valence-electron chi connectivity index (χ4n) is 2.98. The van der Waals surface area contributed by atoms with Crippen molar-refractivity contribution in [3.63, 3.8) is 0 Å². The summed E-state index contributed by atoms with van der Waals surface area (Å²) in [6, 6.07) is 6.66. The summed E-state index contributed by atoms with van der Waals surface area (Å²) < 4.78 is 31.7. The number of benzene rings is 1. The van der Waals surface area contributed by atoms with E-state index in [0.29, 0.717) is 19.6 Å². The molecule has 1 amide bonds. The van der Waals surface area contributed by atoms with Gasteiger partial charge in [-0.3, -0.25) is 4.79 Å². The van der Waals surface area contributed by atoms with Gasteiger partial charge in [-0.2, -0.15) is 0 Å². The Morgan fingerprint density at radius 2 is 2.16 bits per heavy atom. The van der Waals surface area contributed by atoms with E-state index in [1.54, 1.807) is 18.2 Å². The summed E-state index contributed by atoms with van der Waals surface area (Å²) in [6.07, 6.45) is 3.51. The maximum Gasteiger partial charge on any atom is 0.240 e. The lowest BCUT2D eigenvalue weighted by Crippen LogP contribution is -2.37. The molecule has 0 aromatic heterocycles. The highest BCUT2D eigenvalue weighted by Crippen LogP contribution is 2.23. The van der Waals surface area contributed by atoms with Gasteiger partial charge >= 0.3 is 0 Å². The van der Waals surface area contributed by atoms with E-state index in [-0.39, 0.29) is 29.3 Å². The van der Waals surface area contributed by atoms with E-state index in [4.69, 9.17) is 10.5 Å². The first kappa shape index (κ1) is 19.8. The van der Waals surface area contributed by atoms with Gasteiger partial charge in [0.15, 0.2) is 0 Å². The van der Waals surface area contributed by atoms with Gasteiger partial charge in [-0.05, 0) is 37.0 Å². The van der Waals surface area contributed by atoms with Gasteiger partial charge in [0.2, 0.25) is 15.9 Å². The number of carbonyl (C=O) groups excluding carboxylic acids is 1. The molecule has 0 aliphatic heterocycles. The van der Waals surface area contributed by atoms with Crippen molar-refractivity contribution in [2.75, 3.05) is 20.3 Å². The zero-order valence-electron chi connectivity index (χ0n) is 14.5. The Bertz CT molecular complexity index is 678. The van der Waals surface area contributed by atoms with E-state index in [9.17, 15) is 13.2 Å². The molecule has 1 saturated carbocycles. The van der Waals surface area contributed by atoms with E-state index in [1.165, 1.54) is 13.2 Å². The minimum absolute atomic E-state index is 0.0124. The van der Waals surface area contributed by atoms with Crippen LogP contribution in [-0.4, -0.2) is 40.6 Å². The quantitative estimate of drug-likeness (QED) is 0.586. The van der Waals surface area contributed by atoms with Crippen molar-refractivity contribution in [1.29, 1.82) is 0 Å². The van der Waals surface area contributed by atoms with Crippen molar-refractivity contribution in [2.24, 2.45) is 11.7 Å². The highest BCUT2D eigenvalue weighted by Gasteiger charge is 2.25. The number of methoxy groups -OCH3 is 1. The molecule has 1 aliphatic rings. The molecule has 2 atom stereocenters. The van der Waals surface area contributed by atoms with Crippen LogP contribution in [0.2, 0.25) is 0 Å². The van der Waals surface area contributed by atoms with Crippen LogP contribution in [-0.2, 0) is 26.1 Å². The lowest BCUT2D eigenvalue weighted by atomic mass is 9.85. The Labute approximate surface area is 149 Å². The molecular formula is C17H27N3O4S. The smallest absolute Gasteiger partial charge is 0.240 e. The van der Waals surface area contributed by atoms with Gasteiger partial charge in [-0.25, -0.2) is 13.1 Å². The van der Waals surface area contributed by atoms with Crippen LogP contribution in [0.3, 0.4) is 0 Å². The molecule has 8 heteroatoms. The highest BCUT2D eigenvalue weighted by atomic mass is 32.2. The lowest BCUT2D eigenvalue weighted by molar-refractivity contribution is -0.126. The van der Waals surface area contributed by atoms with Gasteiger partial charge in [0.25, 0.3) is 0 Å². The third kappa shape index (κ3) is 6.07. The predicted octanol–water partition coefficient (Wildman–Crippen LogP) is 0.745. The molecule has 1 aromatic rings. The standard InChI is InChI=1S/C17H27N3O4S/c1-24-9-8-20-25(22,23)16-7-2-4-13(10-16)12-19-17(21)14-5-3-6-15(18)11-14/h2,4,7,10,14-15,20H,3,5-6,8-9,11-12,18H2,1H3,(H,19,21). The molecule has 2 rings (SSSR count). The largest absolute Gasteiger partial charge is 0.383 e. The Morgan fingerprint density at radius 3 is 2.88 bits per heavy atom. The van der Waals surface area contributed by atoms with E-state index >= 15 is 0 Å². The number of amides is 1. The van der Waals surface area contributed by atoms with Crippen LogP contribution in [0.25, 0.3) is 0 Å². The summed E-state index contributed by atoms with van der Waals surface area (Å²) in [6.45, 7) is 0.812. The van der Waals surface area contributed by atoms with Crippen molar-refractivity contribution in [3.05, 3.63) is 29.8 Å². The minimum atomic E-state index is -3.58. The van der Waals surface area contributed by atoms with Crippen LogP contribution in [0.4, 0.5) is 0 Å². The normalized spacial score (nSPS) is 21.0. The van der Waals surface area contributed by atoms with Crippen LogP contribution >= 0.6 is 0 Å². The van der Waals surface area contributed by atoms with Crippen LogP contribution in [0, 0.1) is 5.92 Å². The van der Waals surface area contributed by atoms with E-state index in [1.807, 2.05) is 0 Å². The first-order chi connectivity index (χ1) is 11.9. The van der Waals surface area contributed by atoms with E-state index in [0.717, 1.165) is 24.8 Å². The number of nitrogens with one attached hydrogen (secondary N) is 2. The number of sulfonamides is 1.